The summed E-state index contributed by atoms with van der Waals surface area (Å²) in [5, 5.41) is 5.95. The number of amides is 1. The van der Waals surface area contributed by atoms with Gasteiger partial charge in [0.15, 0.2) is 6.10 Å². The molecule has 0 aliphatic rings. The smallest absolute Gasteiger partial charge is 0.349 e. The van der Waals surface area contributed by atoms with Crippen molar-refractivity contribution in [3.05, 3.63) is 45.9 Å². The Morgan fingerprint density at radius 1 is 1.31 bits per heavy atom. The second-order valence-electron chi connectivity index (χ2n) is 6.06. The highest BCUT2D eigenvalue weighted by Gasteiger charge is 2.23. The third-order valence-corrected chi connectivity index (χ3v) is 5.31. The molecular formula is C18H18ClN3O3S. The summed E-state index contributed by atoms with van der Waals surface area (Å²) >= 11 is 7.54. The Labute approximate surface area is 159 Å². The lowest BCUT2D eigenvalue weighted by Gasteiger charge is -2.16. The van der Waals surface area contributed by atoms with E-state index in [0.717, 1.165) is 21.6 Å². The van der Waals surface area contributed by atoms with Crippen LogP contribution in [0.4, 0.5) is 0 Å². The van der Waals surface area contributed by atoms with Crippen LogP contribution in [0.5, 0.6) is 0 Å². The number of rotatable bonds is 4. The van der Waals surface area contributed by atoms with Crippen LogP contribution in [0.15, 0.2) is 30.3 Å². The van der Waals surface area contributed by atoms with Gasteiger partial charge >= 0.3 is 5.97 Å². The number of carbonyl (C=O) groups is 2. The first-order chi connectivity index (χ1) is 12.3. The molecule has 0 radical (unpaired) electrons. The van der Waals surface area contributed by atoms with Gasteiger partial charge in [0.25, 0.3) is 5.91 Å². The second kappa shape index (κ2) is 7.09. The maximum absolute atomic E-state index is 12.4. The van der Waals surface area contributed by atoms with E-state index in [0.29, 0.717) is 9.90 Å². The topological polar surface area (TPSA) is 64.4 Å². The number of ether oxygens (including phenoxy) is 1. The molecule has 8 heteroatoms. The van der Waals surface area contributed by atoms with E-state index >= 15 is 0 Å². The van der Waals surface area contributed by atoms with Gasteiger partial charge in [0.2, 0.25) is 0 Å². The number of fused-ring (bicyclic) bond motifs is 1. The molecule has 0 saturated carbocycles. The van der Waals surface area contributed by atoms with Crippen molar-refractivity contribution in [2.24, 2.45) is 0 Å². The maximum Gasteiger partial charge on any atom is 0.349 e. The number of halogens is 1. The number of hydrogen-bond donors (Lipinski definition) is 0. The van der Waals surface area contributed by atoms with Gasteiger partial charge in [0.1, 0.15) is 9.71 Å². The number of esters is 1. The quantitative estimate of drug-likeness (QED) is 0.636. The zero-order valence-electron chi connectivity index (χ0n) is 14.8. The highest BCUT2D eigenvalue weighted by molar-refractivity contribution is 7.20. The van der Waals surface area contributed by atoms with Gasteiger partial charge in [-0.05, 0) is 32.0 Å². The fourth-order valence-electron chi connectivity index (χ4n) is 2.57. The van der Waals surface area contributed by atoms with Gasteiger partial charge < -0.3 is 9.64 Å². The lowest BCUT2D eigenvalue weighted by atomic mass is 10.3. The Kier molecular flexibility index (Phi) is 5.02. The number of likely N-dealkylation sites (N-methyl/N-ethyl adjacent to an activating group) is 1. The standard InChI is InChI=1S/C18H18ClN3O3S/c1-10-12-9-15(18(24)25-11(2)16(23)21(3)4)26-17(12)22(20-10)14-8-6-5-7-13(14)19/h5-9,11H,1-4H3/t11-/m0/s1. The number of aryl methyl sites for hydroxylation is 1. The molecule has 0 aliphatic heterocycles. The Morgan fingerprint density at radius 2 is 2.00 bits per heavy atom. The Morgan fingerprint density at radius 3 is 2.65 bits per heavy atom. The predicted molar refractivity (Wildman–Crippen MR) is 102 cm³/mol. The molecule has 2 heterocycles. The van der Waals surface area contributed by atoms with E-state index in [2.05, 4.69) is 5.10 Å². The van der Waals surface area contributed by atoms with Crippen LogP contribution in [0.25, 0.3) is 15.9 Å². The summed E-state index contributed by atoms with van der Waals surface area (Å²) in [7, 11) is 3.24. The molecule has 2 aromatic heterocycles. The van der Waals surface area contributed by atoms with Crippen molar-refractivity contribution in [1.29, 1.82) is 0 Å². The predicted octanol–water partition coefficient (Wildman–Crippen LogP) is 3.68. The minimum Gasteiger partial charge on any atom is -0.448 e. The van der Waals surface area contributed by atoms with Gasteiger partial charge in [-0.25, -0.2) is 9.48 Å². The minimum absolute atomic E-state index is 0.266. The second-order valence-corrected chi connectivity index (χ2v) is 7.50. The maximum atomic E-state index is 12.4. The molecule has 1 amide bonds. The molecule has 0 saturated heterocycles. The molecule has 3 aromatic rings. The SMILES string of the molecule is Cc1nn(-c2ccccc2Cl)c2sc(C(=O)O[C@@H](C)C(=O)N(C)C)cc12. The van der Waals surface area contributed by atoms with Crippen molar-refractivity contribution >= 4 is 45.0 Å². The first kappa shape index (κ1) is 18.4. The molecule has 136 valence electrons. The first-order valence-corrected chi connectivity index (χ1v) is 9.15. The zero-order valence-corrected chi connectivity index (χ0v) is 16.4. The fraction of sp³-hybridized carbons (Fsp3) is 0.278. The number of carbonyl (C=O) groups excluding carboxylic acids is 2. The van der Waals surface area contributed by atoms with Crippen molar-refractivity contribution in [1.82, 2.24) is 14.7 Å². The number of nitrogens with zero attached hydrogens (tertiary/aromatic N) is 3. The van der Waals surface area contributed by atoms with E-state index in [1.807, 2.05) is 25.1 Å². The van der Waals surface area contributed by atoms with Crippen molar-refractivity contribution in [3.63, 3.8) is 0 Å². The zero-order chi connectivity index (χ0) is 19.0. The van der Waals surface area contributed by atoms with Gasteiger partial charge in [-0.3, -0.25) is 4.79 Å². The molecule has 0 spiro atoms. The van der Waals surface area contributed by atoms with Crippen LogP contribution in [0.1, 0.15) is 22.3 Å². The first-order valence-electron chi connectivity index (χ1n) is 7.95. The van der Waals surface area contributed by atoms with Crippen LogP contribution in [0.3, 0.4) is 0 Å². The summed E-state index contributed by atoms with van der Waals surface area (Å²) in [6.45, 7) is 3.43. The van der Waals surface area contributed by atoms with Crippen molar-refractivity contribution in [2.75, 3.05) is 14.1 Å². The average molecular weight is 392 g/mol. The van der Waals surface area contributed by atoms with Gasteiger partial charge in [-0.1, -0.05) is 23.7 Å². The highest BCUT2D eigenvalue weighted by atomic mass is 35.5. The summed E-state index contributed by atoms with van der Waals surface area (Å²) < 4.78 is 7.02. The molecule has 0 bridgehead atoms. The highest BCUT2D eigenvalue weighted by Crippen LogP contribution is 2.32. The van der Waals surface area contributed by atoms with Crippen molar-refractivity contribution in [2.45, 2.75) is 20.0 Å². The molecule has 0 unspecified atom stereocenters. The third-order valence-electron chi connectivity index (χ3n) is 3.90. The fourth-order valence-corrected chi connectivity index (χ4v) is 3.84. The van der Waals surface area contributed by atoms with Crippen LogP contribution in [0, 0.1) is 6.92 Å². The minimum atomic E-state index is -0.844. The van der Waals surface area contributed by atoms with Crippen molar-refractivity contribution in [3.8, 4) is 5.69 Å². The van der Waals surface area contributed by atoms with Crippen LogP contribution in [-0.4, -0.2) is 46.8 Å². The van der Waals surface area contributed by atoms with E-state index in [9.17, 15) is 9.59 Å². The van der Waals surface area contributed by atoms with Crippen LogP contribution < -0.4 is 0 Å². The van der Waals surface area contributed by atoms with E-state index in [-0.39, 0.29) is 5.91 Å². The van der Waals surface area contributed by atoms with E-state index < -0.39 is 12.1 Å². The Bertz CT molecular complexity index is 993. The monoisotopic (exact) mass is 391 g/mol. The summed E-state index contributed by atoms with van der Waals surface area (Å²) in [5.74, 6) is -0.795. The van der Waals surface area contributed by atoms with Crippen molar-refractivity contribution < 1.29 is 14.3 Å². The van der Waals surface area contributed by atoms with Gasteiger partial charge in [0, 0.05) is 19.5 Å². The Balaban J connectivity index is 1.95. The summed E-state index contributed by atoms with van der Waals surface area (Å²) in [6.07, 6.45) is -0.844. The molecular weight excluding hydrogens is 374 g/mol. The Hall–Kier alpha value is -2.38. The molecule has 26 heavy (non-hydrogen) atoms. The van der Waals surface area contributed by atoms with Crippen LogP contribution >= 0.6 is 22.9 Å². The number of para-hydroxylation sites is 1. The summed E-state index contributed by atoms with van der Waals surface area (Å²) in [5.41, 5.74) is 1.53. The molecule has 0 N–H and O–H groups in total. The lowest BCUT2D eigenvalue weighted by Crippen LogP contribution is -2.34. The van der Waals surface area contributed by atoms with E-state index in [4.69, 9.17) is 16.3 Å². The van der Waals surface area contributed by atoms with Gasteiger partial charge in [0.05, 0.1) is 16.4 Å². The molecule has 6 nitrogen and oxygen atoms in total. The van der Waals surface area contributed by atoms with E-state index in [1.54, 1.807) is 37.8 Å². The number of benzene rings is 1. The number of thiophene rings is 1. The molecule has 1 aromatic carbocycles. The number of hydrogen-bond acceptors (Lipinski definition) is 5. The third kappa shape index (κ3) is 3.32. The summed E-state index contributed by atoms with van der Waals surface area (Å²) in [4.78, 5) is 26.9. The molecule has 1 atom stereocenters. The van der Waals surface area contributed by atoms with Crippen LogP contribution in [0.2, 0.25) is 5.02 Å². The average Bonchev–Trinajstić information content (AvgIpc) is 3.15. The van der Waals surface area contributed by atoms with Crippen LogP contribution in [-0.2, 0) is 9.53 Å². The number of aromatic nitrogens is 2. The van der Waals surface area contributed by atoms with E-state index in [1.165, 1.54) is 16.2 Å². The molecule has 0 fully saturated rings. The van der Waals surface area contributed by atoms with Gasteiger partial charge in [-0.15, -0.1) is 11.3 Å². The molecule has 3 rings (SSSR count). The summed E-state index contributed by atoms with van der Waals surface area (Å²) in [6, 6.07) is 9.12. The lowest BCUT2D eigenvalue weighted by molar-refractivity contribution is -0.137. The normalized spacial score (nSPS) is 12.2. The molecule has 0 aliphatic carbocycles. The van der Waals surface area contributed by atoms with Gasteiger partial charge in [-0.2, -0.15) is 5.10 Å². The largest absolute Gasteiger partial charge is 0.448 e.